The van der Waals surface area contributed by atoms with Gasteiger partial charge in [-0.1, -0.05) is 12.8 Å². The van der Waals surface area contributed by atoms with E-state index >= 15 is 0 Å². The van der Waals surface area contributed by atoms with E-state index in [0.717, 1.165) is 12.8 Å². The Morgan fingerprint density at radius 1 is 1.27 bits per heavy atom. The molecule has 40 heavy (non-hydrogen) atoms. The number of fused-ring (bicyclic) bond motifs is 1. The number of pyridine rings is 1. The highest BCUT2D eigenvalue weighted by molar-refractivity contribution is 6.02. The lowest BCUT2D eigenvalue weighted by Crippen LogP contribution is -2.35. The Morgan fingerprint density at radius 3 is 2.67 bits per heavy atom. The number of nitrogens with one attached hydrogen (secondary N) is 1. The van der Waals surface area contributed by atoms with E-state index < -0.39 is 24.0 Å². The van der Waals surface area contributed by atoms with Gasteiger partial charge in [-0.3, -0.25) is 14.5 Å². The van der Waals surface area contributed by atoms with Crippen molar-refractivity contribution < 1.29 is 23.8 Å². The number of aliphatic hydroxyl groups is 1. The minimum atomic E-state index is -0.979. The number of Topliss-reactive ketones (excluding diaryl/α,β-unsaturated/α-hetero) is 1. The molecule has 3 aromatic rings. The smallest absolute Gasteiger partial charge is 0.415 e. The molecule has 0 bridgehead atoms. The van der Waals surface area contributed by atoms with E-state index in [-0.39, 0.29) is 58.3 Å². The first-order valence-electron chi connectivity index (χ1n) is 13.6. The van der Waals surface area contributed by atoms with E-state index in [2.05, 4.69) is 15.4 Å². The quantitative estimate of drug-likeness (QED) is 0.411. The number of ether oxygens (including phenoxy) is 1. The SMILES string of the molecule is CN(C(=O)OC(C)(C)C)c1cc(Nc2cccn([C@H]3CCCC[C@H]3O)c2=O)nc2c(C(=O)C[C@@H]3C[C@@H]3F)cnn12. The maximum atomic E-state index is 13.5. The second-order valence-corrected chi connectivity index (χ2v) is 11.7. The van der Waals surface area contributed by atoms with Gasteiger partial charge in [-0.25, -0.2) is 14.2 Å². The van der Waals surface area contributed by atoms with Crippen LogP contribution >= 0.6 is 0 Å². The fourth-order valence-corrected chi connectivity index (χ4v) is 5.06. The van der Waals surface area contributed by atoms with Gasteiger partial charge in [-0.2, -0.15) is 9.61 Å². The molecule has 3 aromatic heterocycles. The van der Waals surface area contributed by atoms with E-state index in [1.54, 1.807) is 39.1 Å². The average molecular weight is 555 g/mol. The Kier molecular flexibility index (Phi) is 7.38. The zero-order chi connectivity index (χ0) is 28.8. The largest absolute Gasteiger partial charge is 0.443 e. The van der Waals surface area contributed by atoms with Gasteiger partial charge in [0, 0.05) is 31.6 Å². The van der Waals surface area contributed by atoms with Gasteiger partial charge < -0.3 is 19.7 Å². The van der Waals surface area contributed by atoms with Gasteiger partial charge in [0.15, 0.2) is 11.4 Å². The van der Waals surface area contributed by atoms with Gasteiger partial charge in [0.2, 0.25) is 0 Å². The van der Waals surface area contributed by atoms with Crippen molar-refractivity contribution in [3.8, 4) is 0 Å². The number of hydrogen-bond donors (Lipinski definition) is 2. The fourth-order valence-electron chi connectivity index (χ4n) is 5.06. The van der Waals surface area contributed by atoms with Crippen molar-refractivity contribution in [2.24, 2.45) is 5.92 Å². The highest BCUT2D eigenvalue weighted by Gasteiger charge is 2.39. The molecule has 4 atom stereocenters. The Balaban J connectivity index is 1.54. The Morgan fingerprint density at radius 2 is 2.00 bits per heavy atom. The Labute approximate surface area is 231 Å². The monoisotopic (exact) mass is 554 g/mol. The summed E-state index contributed by atoms with van der Waals surface area (Å²) in [6, 6.07) is 4.53. The van der Waals surface area contributed by atoms with Crippen LogP contribution in [0, 0.1) is 5.92 Å². The van der Waals surface area contributed by atoms with Gasteiger partial charge >= 0.3 is 6.09 Å². The van der Waals surface area contributed by atoms with E-state index in [9.17, 15) is 23.9 Å². The number of amides is 1. The van der Waals surface area contributed by atoms with Crippen molar-refractivity contribution in [3.63, 3.8) is 0 Å². The number of halogens is 1. The molecule has 2 fully saturated rings. The molecule has 1 amide bonds. The van der Waals surface area contributed by atoms with Crippen LogP contribution in [-0.2, 0) is 4.74 Å². The first-order chi connectivity index (χ1) is 18.9. The Hall–Kier alpha value is -3.80. The summed E-state index contributed by atoms with van der Waals surface area (Å²) in [5.74, 6) is -0.176. The molecule has 2 saturated carbocycles. The standard InChI is InChI=1S/C28H35FN6O5/c1-28(2,3)40-27(39)33(4)24-14-23(32-25-17(15-30-35(24)25)22(37)13-16-12-18(16)29)31-19-8-7-11-34(26(19)38)20-9-5-6-10-21(20)36/h7-8,11,14-16,18,20-21,36H,5-6,9-10,12-13H2,1-4H3,(H,31,32)/t16-,18-,20-,21+/m0/s1. The lowest BCUT2D eigenvalue weighted by Gasteiger charge is -2.29. The minimum absolute atomic E-state index is 0.0339. The van der Waals surface area contributed by atoms with Crippen LogP contribution in [0.15, 0.2) is 35.4 Å². The maximum absolute atomic E-state index is 13.5. The zero-order valence-electron chi connectivity index (χ0n) is 23.1. The van der Waals surface area contributed by atoms with Gasteiger partial charge in [-0.15, -0.1) is 0 Å². The molecule has 2 aliphatic rings. The maximum Gasteiger partial charge on any atom is 0.415 e. The van der Waals surface area contributed by atoms with Crippen LogP contribution in [0.4, 0.5) is 26.5 Å². The van der Waals surface area contributed by atoms with Crippen molar-refractivity contribution in [3.05, 3.63) is 46.5 Å². The number of aliphatic hydroxyl groups excluding tert-OH is 1. The summed E-state index contributed by atoms with van der Waals surface area (Å²) >= 11 is 0. The number of carbonyl (C=O) groups is 2. The average Bonchev–Trinajstić information content (AvgIpc) is 3.40. The molecule has 0 aliphatic heterocycles. The van der Waals surface area contributed by atoms with Crippen LogP contribution in [0.2, 0.25) is 0 Å². The summed E-state index contributed by atoms with van der Waals surface area (Å²) in [5, 5.41) is 17.9. The number of aromatic nitrogens is 4. The molecule has 5 rings (SSSR count). The molecule has 2 N–H and O–H groups in total. The molecule has 0 spiro atoms. The first kappa shape index (κ1) is 27.8. The molecular weight excluding hydrogens is 519 g/mol. The van der Waals surface area contributed by atoms with Crippen LogP contribution in [0.5, 0.6) is 0 Å². The van der Waals surface area contributed by atoms with Gasteiger partial charge in [0.05, 0.1) is 23.9 Å². The number of alkyl halides is 1. The Bertz CT molecular complexity index is 1490. The fraction of sp³-hybridized carbons (Fsp3) is 0.536. The molecule has 0 unspecified atom stereocenters. The third-order valence-corrected chi connectivity index (χ3v) is 7.34. The van der Waals surface area contributed by atoms with Crippen molar-refractivity contribution in [1.82, 2.24) is 19.2 Å². The number of nitrogens with zero attached hydrogens (tertiary/aromatic N) is 5. The second kappa shape index (κ2) is 10.6. The number of anilines is 3. The zero-order valence-corrected chi connectivity index (χ0v) is 23.1. The lowest BCUT2D eigenvalue weighted by atomic mass is 9.92. The summed E-state index contributed by atoms with van der Waals surface area (Å²) in [4.78, 5) is 45.2. The van der Waals surface area contributed by atoms with Crippen LogP contribution in [0.25, 0.3) is 5.65 Å². The molecule has 0 radical (unpaired) electrons. The summed E-state index contributed by atoms with van der Waals surface area (Å²) in [6.45, 7) is 5.24. The second-order valence-electron chi connectivity index (χ2n) is 11.7. The molecule has 11 nitrogen and oxygen atoms in total. The van der Waals surface area contributed by atoms with Crippen LogP contribution in [0.3, 0.4) is 0 Å². The van der Waals surface area contributed by atoms with E-state index in [1.165, 1.54) is 33.3 Å². The van der Waals surface area contributed by atoms with Crippen molar-refractivity contribution >= 4 is 34.8 Å². The molecule has 12 heteroatoms. The molecule has 3 heterocycles. The minimum Gasteiger partial charge on any atom is -0.443 e. The summed E-state index contributed by atoms with van der Waals surface area (Å²) in [6.07, 6.45) is 4.34. The molecule has 0 aromatic carbocycles. The van der Waals surface area contributed by atoms with Gasteiger partial charge in [0.25, 0.3) is 5.56 Å². The van der Waals surface area contributed by atoms with E-state index in [1.807, 2.05) is 0 Å². The van der Waals surface area contributed by atoms with Crippen LogP contribution in [0.1, 0.15) is 75.7 Å². The normalized spacial score (nSPS) is 22.6. The number of carbonyl (C=O) groups excluding carboxylic acids is 2. The topological polar surface area (TPSA) is 131 Å². The first-order valence-corrected chi connectivity index (χ1v) is 13.6. The molecule has 0 saturated heterocycles. The predicted molar refractivity (Wildman–Crippen MR) is 147 cm³/mol. The molecular formula is C28H35FN6O5. The van der Waals surface area contributed by atoms with E-state index in [0.29, 0.717) is 19.3 Å². The predicted octanol–water partition coefficient (Wildman–Crippen LogP) is 4.41. The van der Waals surface area contributed by atoms with Crippen molar-refractivity contribution in [1.29, 1.82) is 0 Å². The third kappa shape index (κ3) is 5.72. The molecule has 2 aliphatic carbocycles. The van der Waals surface area contributed by atoms with E-state index in [4.69, 9.17) is 4.74 Å². The number of hydrogen-bond acceptors (Lipinski definition) is 8. The number of rotatable bonds is 7. The van der Waals surface area contributed by atoms with Crippen molar-refractivity contribution in [2.45, 2.75) is 83.2 Å². The summed E-state index contributed by atoms with van der Waals surface area (Å²) in [7, 11) is 1.51. The third-order valence-electron chi connectivity index (χ3n) is 7.34. The lowest BCUT2D eigenvalue weighted by molar-refractivity contribution is 0.0587. The number of ketones is 1. The summed E-state index contributed by atoms with van der Waals surface area (Å²) < 4.78 is 21.9. The highest BCUT2D eigenvalue weighted by Crippen LogP contribution is 2.38. The summed E-state index contributed by atoms with van der Waals surface area (Å²) in [5.41, 5.74) is -0.512. The highest BCUT2D eigenvalue weighted by atomic mass is 19.1. The van der Waals surface area contributed by atoms with Crippen LogP contribution < -0.4 is 15.8 Å². The van der Waals surface area contributed by atoms with Gasteiger partial charge in [0.1, 0.15) is 29.1 Å². The van der Waals surface area contributed by atoms with Crippen LogP contribution in [-0.4, -0.2) is 61.1 Å². The molecule has 214 valence electrons. The van der Waals surface area contributed by atoms with Crippen molar-refractivity contribution in [2.75, 3.05) is 17.3 Å². The van der Waals surface area contributed by atoms with Gasteiger partial charge in [-0.05, 0) is 52.2 Å².